The van der Waals surface area contributed by atoms with Crippen LogP contribution in [0.1, 0.15) is 233 Å². The van der Waals surface area contributed by atoms with Gasteiger partial charge in [-0.15, -0.1) is 0 Å². The summed E-state index contributed by atoms with van der Waals surface area (Å²) >= 11 is 0. The van der Waals surface area contributed by atoms with Gasteiger partial charge in [0.15, 0.2) is 0 Å². The van der Waals surface area contributed by atoms with E-state index < -0.39 is 6.10 Å². The first-order chi connectivity index (χ1) is 23.0. The maximum absolute atomic E-state index is 12.0. The van der Waals surface area contributed by atoms with E-state index in [-0.39, 0.29) is 25.2 Å². The fourth-order valence-electron chi connectivity index (χ4n) is 6.30. The van der Waals surface area contributed by atoms with Crippen molar-refractivity contribution >= 4 is 11.9 Å². The summed E-state index contributed by atoms with van der Waals surface area (Å²) in [6.07, 6.45) is 40.1. The Morgan fingerprint density at radius 3 is 1.02 bits per heavy atom. The molecule has 0 aliphatic rings. The number of rotatable bonds is 38. The number of ether oxygens (including phenoxy) is 2. The Bertz CT molecular complexity index is 651. The van der Waals surface area contributed by atoms with Gasteiger partial charge < -0.3 is 14.6 Å². The summed E-state index contributed by atoms with van der Waals surface area (Å²) in [6.45, 7) is 6.72. The summed E-state index contributed by atoms with van der Waals surface area (Å²) in [7, 11) is 0. The van der Waals surface area contributed by atoms with E-state index in [0.717, 1.165) is 31.6 Å². The van der Waals surface area contributed by atoms with Gasteiger partial charge in [0.05, 0.1) is 0 Å². The third-order valence-corrected chi connectivity index (χ3v) is 9.88. The van der Waals surface area contributed by atoms with Gasteiger partial charge in [-0.3, -0.25) is 9.59 Å². The summed E-state index contributed by atoms with van der Waals surface area (Å²) in [6, 6.07) is 0. The molecule has 0 heterocycles. The molecular weight excluding hydrogens is 584 g/mol. The van der Waals surface area contributed by atoms with Crippen LogP contribution >= 0.6 is 0 Å². The molecule has 0 radical (unpaired) electrons. The van der Waals surface area contributed by atoms with E-state index >= 15 is 0 Å². The number of aliphatic hydroxyl groups is 1. The molecule has 0 aromatic rings. The lowest BCUT2D eigenvalue weighted by Crippen LogP contribution is -2.25. The summed E-state index contributed by atoms with van der Waals surface area (Å²) in [4.78, 5) is 24.0. The fraction of sp³-hybridized carbons (Fsp3) is 0.952. The Balaban J connectivity index is 3.37. The van der Waals surface area contributed by atoms with Crippen molar-refractivity contribution in [3.63, 3.8) is 0 Å². The lowest BCUT2D eigenvalue weighted by atomic mass is 9.99. The normalized spacial score (nSPS) is 12.7. The zero-order valence-electron chi connectivity index (χ0n) is 32.0. The molecule has 0 aromatic carbocycles. The van der Waals surface area contributed by atoms with E-state index in [1.807, 2.05) is 0 Å². The summed E-state index contributed by atoms with van der Waals surface area (Å²) in [5.74, 6) is 0.354. The molecule has 0 fully saturated rings. The van der Waals surface area contributed by atoms with Crippen molar-refractivity contribution in [2.24, 2.45) is 5.92 Å². The van der Waals surface area contributed by atoms with Crippen LogP contribution in [0.5, 0.6) is 0 Å². The van der Waals surface area contributed by atoms with Gasteiger partial charge in [0.25, 0.3) is 0 Å². The highest BCUT2D eigenvalue weighted by molar-refractivity contribution is 5.69. The Morgan fingerprint density at radius 2 is 0.723 bits per heavy atom. The third-order valence-electron chi connectivity index (χ3n) is 9.88. The van der Waals surface area contributed by atoms with Gasteiger partial charge in [0.1, 0.15) is 19.3 Å². The van der Waals surface area contributed by atoms with E-state index in [9.17, 15) is 14.7 Å². The molecule has 0 aliphatic heterocycles. The molecule has 0 aromatic heterocycles. The lowest BCUT2D eigenvalue weighted by molar-refractivity contribution is -0.152. The van der Waals surface area contributed by atoms with Gasteiger partial charge in [-0.2, -0.15) is 0 Å². The highest BCUT2D eigenvalue weighted by Gasteiger charge is 2.12. The predicted octanol–water partition coefficient (Wildman–Crippen LogP) is 13.0. The molecule has 1 unspecified atom stereocenters. The average molecular weight is 667 g/mol. The van der Waals surface area contributed by atoms with Crippen LogP contribution in [0.15, 0.2) is 0 Å². The van der Waals surface area contributed by atoms with Gasteiger partial charge in [-0.1, -0.05) is 207 Å². The predicted molar refractivity (Wildman–Crippen MR) is 201 cm³/mol. The van der Waals surface area contributed by atoms with Crippen molar-refractivity contribution < 1.29 is 24.2 Å². The molecular formula is C42H82O5. The van der Waals surface area contributed by atoms with Crippen molar-refractivity contribution in [1.82, 2.24) is 0 Å². The number of carbonyl (C=O) groups is 2. The maximum Gasteiger partial charge on any atom is 0.305 e. The van der Waals surface area contributed by atoms with Crippen LogP contribution in [0.4, 0.5) is 0 Å². The molecule has 0 bridgehead atoms. The third kappa shape index (κ3) is 37.6. The van der Waals surface area contributed by atoms with Crippen molar-refractivity contribution in [1.29, 1.82) is 0 Å². The molecule has 2 atom stereocenters. The number of unbranched alkanes of at least 4 members (excludes halogenated alkanes) is 27. The highest BCUT2D eigenvalue weighted by Crippen LogP contribution is 2.17. The summed E-state index contributed by atoms with van der Waals surface area (Å²) < 4.78 is 10.4. The van der Waals surface area contributed by atoms with Crippen molar-refractivity contribution in [3.05, 3.63) is 0 Å². The standard InChI is InChI=1S/C42H82O5/c1-4-6-7-8-9-10-11-12-13-17-20-23-26-29-32-35-41(44)46-37-40(43)38-47-42(45)36-33-30-27-24-21-18-15-14-16-19-22-25-28-31-34-39(3)5-2/h39-40,43H,4-38H2,1-3H3/t39?,40-/m0/s1. The van der Waals surface area contributed by atoms with Gasteiger partial charge in [0, 0.05) is 12.8 Å². The second-order valence-electron chi connectivity index (χ2n) is 14.7. The molecule has 1 N–H and O–H groups in total. The minimum absolute atomic E-state index is 0.108. The zero-order valence-corrected chi connectivity index (χ0v) is 32.0. The molecule has 280 valence electrons. The van der Waals surface area contributed by atoms with Crippen molar-refractivity contribution in [2.75, 3.05) is 13.2 Å². The summed E-state index contributed by atoms with van der Waals surface area (Å²) in [5, 5.41) is 10.0. The van der Waals surface area contributed by atoms with E-state index in [4.69, 9.17) is 9.47 Å². The van der Waals surface area contributed by atoms with E-state index in [1.165, 1.54) is 173 Å². The fourth-order valence-corrected chi connectivity index (χ4v) is 6.30. The Hall–Kier alpha value is -1.10. The second-order valence-corrected chi connectivity index (χ2v) is 14.7. The minimum atomic E-state index is -0.955. The summed E-state index contributed by atoms with van der Waals surface area (Å²) in [5.41, 5.74) is 0. The van der Waals surface area contributed by atoms with Gasteiger partial charge in [-0.05, 0) is 18.8 Å². The van der Waals surface area contributed by atoms with Crippen molar-refractivity contribution in [3.8, 4) is 0 Å². The molecule has 47 heavy (non-hydrogen) atoms. The second kappa shape index (κ2) is 37.7. The monoisotopic (exact) mass is 667 g/mol. The largest absolute Gasteiger partial charge is 0.463 e. The lowest BCUT2D eigenvalue weighted by Gasteiger charge is -2.12. The topological polar surface area (TPSA) is 72.8 Å². The molecule has 0 aliphatic carbocycles. The van der Waals surface area contributed by atoms with Gasteiger partial charge in [-0.25, -0.2) is 0 Å². The first-order valence-electron chi connectivity index (χ1n) is 21.0. The molecule has 0 spiro atoms. The van der Waals surface area contributed by atoms with E-state index in [2.05, 4.69) is 20.8 Å². The quantitative estimate of drug-likeness (QED) is 0.0524. The molecule has 0 rings (SSSR count). The number of esters is 2. The number of hydrogen-bond donors (Lipinski definition) is 1. The van der Waals surface area contributed by atoms with Crippen LogP contribution in [-0.2, 0) is 19.1 Å². The van der Waals surface area contributed by atoms with E-state index in [0.29, 0.717) is 12.8 Å². The maximum atomic E-state index is 12.0. The molecule has 5 nitrogen and oxygen atoms in total. The van der Waals surface area contributed by atoms with Crippen LogP contribution in [-0.4, -0.2) is 36.4 Å². The van der Waals surface area contributed by atoms with Gasteiger partial charge in [0.2, 0.25) is 0 Å². The number of carbonyl (C=O) groups excluding carboxylic acids is 2. The van der Waals surface area contributed by atoms with Crippen LogP contribution < -0.4 is 0 Å². The van der Waals surface area contributed by atoms with E-state index in [1.54, 1.807) is 0 Å². The van der Waals surface area contributed by atoms with Crippen LogP contribution in [0.3, 0.4) is 0 Å². The Morgan fingerprint density at radius 1 is 0.447 bits per heavy atom. The average Bonchev–Trinajstić information content (AvgIpc) is 3.07. The number of hydrogen-bond acceptors (Lipinski definition) is 5. The van der Waals surface area contributed by atoms with Crippen LogP contribution in [0.2, 0.25) is 0 Å². The Kier molecular flexibility index (Phi) is 36.8. The first-order valence-corrected chi connectivity index (χ1v) is 21.0. The van der Waals surface area contributed by atoms with Gasteiger partial charge >= 0.3 is 11.9 Å². The minimum Gasteiger partial charge on any atom is -0.463 e. The Labute approximate surface area is 293 Å². The SMILES string of the molecule is CCCCCCCCCCCCCCCCCC(=O)OC[C@H](O)COC(=O)CCCCCCCCCCCCCCCCC(C)CC. The molecule has 0 saturated carbocycles. The zero-order chi connectivity index (χ0) is 34.5. The highest BCUT2D eigenvalue weighted by atomic mass is 16.6. The smallest absolute Gasteiger partial charge is 0.305 e. The molecule has 0 amide bonds. The first kappa shape index (κ1) is 45.9. The number of aliphatic hydroxyl groups excluding tert-OH is 1. The van der Waals surface area contributed by atoms with Crippen LogP contribution in [0.25, 0.3) is 0 Å². The van der Waals surface area contributed by atoms with Crippen molar-refractivity contribution in [2.45, 2.75) is 239 Å². The van der Waals surface area contributed by atoms with Crippen LogP contribution in [0, 0.1) is 5.92 Å². The molecule has 5 heteroatoms. The molecule has 0 saturated heterocycles.